The third-order valence-electron chi connectivity index (χ3n) is 5.27. The van der Waals surface area contributed by atoms with Crippen molar-refractivity contribution in [3.05, 3.63) is 82.0 Å². The highest BCUT2D eigenvalue weighted by Gasteiger charge is 2.64. The van der Waals surface area contributed by atoms with E-state index in [4.69, 9.17) is 9.47 Å². The summed E-state index contributed by atoms with van der Waals surface area (Å²) < 4.78 is 39.3. The van der Waals surface area contributed by atoms with E-state index >= 15 is 0 Å². The van der Waals surface area contributed by atoms with Gasteiger partial charge in [0.25, 0.3) is 10.0 Å². The maximum atomic E-state index is 13.5. The molecule has 1 fully saturated rings. The lowest BCUT2D eigenvalue weighted by atomic mass is 9.89. The lowest BCUT2D eigenvalue weighted by molar-refractivity contribution is 0.00733. The molecule has 3 heterocycles. The molecule has 3 aromatic rings. The van der Waals surface area contributed by atoms with Gasteiger partial charge >= 0.3 is 6.09 Å². The number of amides is 1. The van der Waals surface area contributed by atoms with E-state index in [-0.39, 0.29) is 11.5 Å². The summed E-state index contributed by atoms with van der Waals surface area (Å²) >= 11 is 1.49. The number of aryl methyl sites for hydroxylation is 1. The minimum absolute atomic E-state index is 0.0193. The van der Waals surface area contributed by atoms with Gasteiger partial charge in [-0.3, -0.25) is 0 Å². The predicted molar refractivity (Wildman–Crippen MR) is 108 cm³/mol. The van der Waals surface area contributed by atoms with Gasteiger partial charge in [0, 0.05) is 10.4 Å². The number of thiophene rings is 1. The van der Waals surface area contributed by atoms with Crippen LogP contribution in [0.3, 0.4) is 0 Å². The third-order valence-corrected chi connectivity index (χ3v) is 8.01. The van der Waals surface area contributed by atoms with Crippen LogP contribution in [0.25, 0.3) is 0 Å². The minimum atomic E-state index is -4.20. The van der Waals surface area contributed by atoms with E-state index < -0.39 is 27.8 Å². The monoisotopic (exact) mass is 427 g/mol. The summed E-state index contributed by atoms with van der Waals surface area (Å²) in [6, 6.07) is 17.6. The summed E-state index contributed by atoms with van der Waals surface area (Å²) in [6.45, 7) is 1.68. The van der Waals surface area contributed by atoms with Crippen LogP contribution in [0.4, 0.5) is 4.79 Å². The predicted octanol–water partition coefficient (Wildman–Crippen LogP) is 4.12. The van der Waals surface area contributed by atoms with Crippen molar-refractivity contribution in [2.24, 2.45) is 0 Å². The topological polar surface area (TPSA) is 72.9 Å². The molecule has 2 aliphatic rings. The van der Waals surface area contributed by atoms with E-state index in [9.17, 15) is 13.2 Å². The Bertz CT molecular complexity index is 1190. The first-order valence-corrected chi connectivity index (χ1v) is 11.4. The van der Waals surface area contributed by atoms with Crippen LogP contribution in [0.2, 0.25) is 0 Å². The van der Waals surface area contributed by atoms with Gasteiger partial charge in [-0.2, -0.15) is 4.31 Å². The fraction of sp³-hybridized carbons (Fsp3) is 0.190. The first-order chi connectivity index (χ1) is 13.9. The molecule has 8 heteroatoms. The molecule has 0 bridgehead atoms. The van der Waals surface area contributed by atoms with Crippen molar-refractivity contribution in [1.82, 2.24) is 4.31 Å². The fourth-order valence-corrected chi connectivity index (χ4v) is 6.42. The van der Waals surface area contributed by atoms with Crippen molar-refractivity contribution < 1.29 is 22.7 Å². The Morgan fingerprint density at radius 2 is 1.83 bits per heavy atom. The number of carbonyl (C=O) groups excluding carboxylic acids is 1. The maximum absolute atomic E-state index is 13.5. The number of benzene rings is 2. The van der Waals surface area contributed by atoms with E-state index in [1.165, 1.54) is 23.5 Å². The van der Waals surface area contributed by atoms with Gasteiger partial charge in [0.15, 0.2) is 6.61 Å². The Morgan fingerprint density at radius 1 is 1.07 bits per heavy atom. The Kier molecular flexibility index (Phi) is 3.97. The molecule has 2 aliphatic heterocycles. The van der Waals surface area contributed by atoms with Crippen molar-refractivity contribution in [2.75, 3.05) is 6.61 Å². The Balaban J connectivity index is 1.71. The number of hydrogen-bond acceptors (Lipinski definition) is 6. The number of fused-ring (bicyclic) bond motifs is 1. The van der Waals surface area contributed by atoms with E-state index in [1.807, 2.05) is 42.6 Å². The summed E-state index contributed by atoms with van der Waals surface area (Å²) in [6.07, 6.45) is -0.931. The van der Waals surface area contributed by atoms with Crippen LogP contribution in [0.5, 0.6) is 5.75 Å². The molecular weight excluding hydrogens is 410 g/mol. The normalized spacial score (nSPS) is 23.1. The zero-order chi connectivity index (χ0) is 20.2. The summed E-state index contributed by atoms with van der Waals surface area (Å²) in [5.74, 6) is 0.0682. The number of ether oxygens (including phenoxy) is 2. The average Bonchev–Trinajstić information content (AvgIpc) is 3.40. The van der Waals surface area contributed by atoms with E-state index in [0.29, 0.717) is 5.75 Å². The molecule has 0 N–H and O–H groups in total. The number of cyclic esters (lactones) is 1. The molecule has 0 aliphatic carbocycles. The lowest BCUT2D eigenvalue weighted by Crippen LogP contribution is -2.55. The van der Waals surface area contributed by atoms with Gasteiger partial charge < -0.3 is 9.47 Å². The van der Waals surface area contributed by atoms with Crippen LogP contribution >= 0.6 is 11.3 Å². The van der Waals surface area contributed by atoms with Gasteiger partial charge in [-0.25, -0.2) is 13.2 Å². The summed E-state index contributed by atoms with van der Waals surface area (Å²) in [5.41, 5.74) is 0.246. The summed E-state index contributed by atoms with van der Waals surface area (Å²) in [7, 11) is -4.20. The van der Waals surface area contributed by atoms with Crippen molar-refractivity contribution in [1.29, 1.82) is 0 Å². The Hall–Kier alpha value is -2.84. The largest absolute Gasteiger partial charge is 0.462 e. The van der Waals surface area contributed by atoms with Crippen molar-refractivity contribution in [3.63, 3.8) is 0 Å². The van der Waals surface area contributed by atoms with Gasteiger partial charge in [0.2, 0.25) is 5.72 Å². The second-order valence-corrected chi connectivity index (χ2v) is 9.84. The van der Waals surface area contributed by atoms with Crippen LogP contribution < -0.4 is 4.74 Å². The molecular formula is C21H17NO5S2. The van der Waals surface area contributed by atoms with Crippen LogP contribution in [0.1, 0.15) is 21.9 Å². The van der Waals surface area contributed by atoms with Crippen molar-refractivity contribution >= 4 is 27.5 Å². The van der Waals surface area contributed by atoms with E-state index in [2.05, 4.69) is 0 Å². The number of nitrogens with zero attached hydrogens (tertiary/aromatic N) is 1. The third kappa shape index (κ3) is 2.59. The van der Waals surface area contributed by atoms with Gasteiger partial charge in [0.1, 0.15) is 5.75 Å². The number of sulfonamides is 1. The summed E-state index contributed by atoms with van der Waals surface area (Å²) in [4.78, 5) is 13.7. The van der Waals surface area contributed by atoms with Crippen molar-refractivity contribution in [3.8, 4) is 5.75 Å². The molecule has 29 heavy (non-hydrogen) atoms. The zero-order valence-electron chi connectivity index (χ0n) is 15.4. The van der Waals surface area contributed by atoms with Gasteiger partial charge in [0.05, 0.1) is 10.8 Å². The highest BCUT2D eigenvalue weighted by atomic mass is 32.2. The second kappa shape index (κ2) is 6.33. The SMILES string of the molecule is Cc1ccc(S(=O)(=O)N2C(=O)OC[C@@]23Oc2ccccc2[C@@H]3c2cccs2)cc1. The van der Waals surface area contributed by atoms with Gasteiger partial charge in [-0.1, -0.05) is 42.0 Å². The van der Waals surface area contributed by atoms with Gasteiger partial charge in [-0.05, 0) is 36.6 Å². The molecule has 148 valence electrons. The van der Waals surface area contributed by atoms with E-state index in [0.717, 1.165) is 20.3 Å². The molecule has 1 saturated heterocycles. The molecule has 6 nitrogen and oxygen atoms in total. The fourth-order valence-electron chi connectivity index (χ4n) is 3.96. The second-order valence-electron chi connectivity index (χ2n) is 7.07. The van der Waals surface area contributed by atoms with Crippen LogP contribution in [0.15, 0.2) is 70.9 Å². The number of para-hydroxylation sites is 1. The molecule has 0 saturated carbocycles. The smallest absolute Gasteiger partial charge is 0.427 e. The molecule has 0 radical (unpaired) electrons. The standard InChI is InChI=1S/C21H17NO5S2/c1-14-8-10-15(11-9-14)29(24,25)22-20(23)26-13-21(22)19(18-7-4-12-28-18)16-5-2-3-6-17(16)27-21/h2-12,19H,13H2,1H3/t19-,21+/m1/s1. The number of rotatable bonds is 3. The molecule has 0 unspecified atom stereocenters. The molecule has 2 atom stereocenters. The highest BCUT2D eigenvalue weighted by molar-refractivity contribution is 7.89. The first kappa shape index (κ1) is 18.2. The zero-order valence-corrected chi connectivity index (χ0v) is 17.1. The number of carbonyl (C=O) groups is 1. The number of hydrogen-bond donors (Lipinski definition) is 0. The summed E-state index contributed by atoms with van der Waals surface area (Å²) in [5, 5.41) is 1.92. The Morgan fingerprint density at radius 3 is 2.55 bits per heavy atom. The minimum Gasteiger partial charge on any atom is -0.462 e. The average molecular weight is 428 g/mol. The molecule has 5 rings (SSSR count). The van der Waals surface area contributed by atoms with Crippen LogP contribution in [-0.2, 0) is 14.8 Å². The first-order valence-electron chi connectivity index (χ1n) is 9.04. The van der Waals surface area contributed by atoms with Crippen molar-refractivity contribution in [2.45, 2.75) is 23.5 Å². The molecule has 2 aromatic carbocycles. The maximum Gasteiger partial charge on any atom is 0.427 e. The lowest BCUT2D eigenvalue weighted by Gasteiger charge is -2.34. The highest BCUT2D eigenvalue weighted by Crippen LogP contribution is 2.54. The molecule has 1 amide bonds. The molecule has 1 aromatic heterocycles. The van der Waals surface area contributed by atoms with Crippen LogP contribution in [0, 0.1) is 6.92 Å². The van der Waals surface area contributed by atoms with Gasteiger partial charge in [-0.15, -0.1) is 11.3 Å². The quantitative estimate of drug-likeness (QED) is 0.629. The molecule has 1 spiro atoms. The van der Waals surface area contributed by atoms with Crippen LogP contribution in [-0.4, -0.2) is 31.1 Å². The van der Waals surface area contributed by atoms with E-state index in [1.54, 1.807) is 18.2 Å². The Labute approximate surface area is 172 Å².